The van der Waals surface area contributed by atoms with Crippen LogP contribution >= 0.6 is 0 Å². The monoisotopic (exact) mass is 341 g/mol. The number of likely N-dealkylation sites (tertiary alicyclic amines) is 1. The summed E-state index contributed by atoms with van der Waals surface area (Å²) in [5.74, 6) is 1.99. The van der Waals surface area contributed by atoms with Crippen LogP contribution in [0.25, 0.3) is 0 Å². The van der Waals surface area contributed by atoms with Gasteiger partial charge in [-0.3, -0.25) is 4.79 Å². The van der Waals surface area contributed by atoms with E-state index in [0.29, 0.717) is 35.8 Å². The molecule has 0 radical (unpaired) electrons. The van der Waals surface area contributed by atoms with Crippen molar-refractivity contribution in [3.63, 3.8) is 0 Å². The van der Waals surface area contributed by atoms with E-state index >= 15 is 0 Å². The molecule has 0 N–H and O–H groups in total. The predicted octanol–water partition coefficient (Wildman–Crippen LogP) is 4.38. The van der Waals surface area contributed by atoms with Gasteiger partial charge in [0.2, 0.25) is 5.91 Å². The van der Waals surface area contributed by atoms with Crippen LogP contribution in [0, 0.1) is 11.8 Å². The van der Waals surface area contributed by atoms with Gasteiger partial charge in [-0.05, 0) is 62.3 Å². The van der Waals surface area contributed by atoms with Gasteiger partial charge >= 0.3 is 0 Å². The Kier molecular flexibility index (Phi) is 5.12. The third-order valence-electron chi connectivity index (χ3n) is 6.54. The van der Waals surface area contributed by atoms with Gasteiger partial charge in [0.25, 0.3) is 0 Å². The van der Waals surface area contributed by atoms with Crippen LogP contribution in [0.2, 0.25) is 0 Å². The maximum absolute atomic E-state index is 12.5. The van der Waals surface area contributed by atoms with Crippen molar-refractivity contribution in [2.24, 2.45) is 11.8 Å². The second-order valence-corrected chi connectivity index (χ2v) is 8.36. The smallest absolute Gasteiger partial charge is 0.226 e. The number of nitrogens with zero attached hydrogens (tertiary/aromatic N) is 1. The molecule has 1 amide bonds. The molecule has 3 nitrogen and oxygen atoms in total. The Morgan fingerprint density at radius 3 is 2.44 bits per heavy atom. The van der Waals surface area contributed by atoms with Crippen molar-refractivity contribution in [1.29, 1.82) is 0 Å². The van der Waals surface area contributed by atoms with Crippen LogP contribution in [0.15, 0.2) is 30.3 Å². The summed E-state index contributed by atoms with van der Waals surface area (Å²) >= 11 is 0. The summed E-state index contributed by atoms with van der Waals surface area (Å²) in [5, 5.41) is 0. The number of benzene rings is 1. The lowest BCUT2D eigenvalue weighted by atomic mass is 9.83. The van der Waals surface area contributed by atoms with E-state index < -0.39 is 0 Å². The van der Waals surface area contributed by atoms with Crippen molar-refractivity contribution < 1.29 is 9.53 Å². The van der Waals surface area contributed by atoms with E-state index in [4.69, 9.17) is 4.74 Å². The maximum atomic E-state index is 12.5. The van der Waals surface area contributed by atoms with Crippen LogP contribution in [0.1, 0.15) is 63.4 Å². The van der Waals surface area contributed by atoms with Crippen molar-refractivity contribution in [2.75, 3.05) is 13.2 Å². The average Bonchev–Trinajstić information content (AvgIpc) is 3.44. The Hall–Kier alpha value is -1.35. The zero-order valence-corrected chi connectivity index (χ0v) is 15.4. The summed E-state index contributed by atoms with van der Waals surface area (Å²) in [4.78, 5) is 14.6. The Morgan fingerprint density at radius 2 is 1.76 bits per heavy atom. The van der Waals surface area contributed by atoms with Crippen molar-refractivity contribution >= 4 is 5.91 Å². The summed E-state index contributed by atoms with van der Waals surface area (Å²) in [7, 11) is 0. The molecule has 1 heterocycles. The SMILES string of the molecule is C[C@@H]1CCN(C(=O)C2CC2)[C@@H]1COC1CCC(c2ccccc2)CC1. The summed E-state index contributed by atoms with van der Waals surface area (Å²) in [6.07, 6.45) is 8.45. The number of hydrogen-bond donors (Lipinski definition) is 0. The quantitative estimate of drug-likeness (QED) is 0.795. The number of hydrogen-bond acceptors (Lipinski definition) is 2. The van der Waals surface area contributed by atoms with Gasteiger partial charge in [0.05, 0.1) is 18.8 Å². The van der Waals surface area contributed by atoms with E-state index in [0.717, 1.165) is 45.3 Å². The first-order chi connectivity index (χ1) is 12.2. The lowest BCUT2D eigenvalue weighted by molar-refractivity contribution is -0.135. The second kappa shape index (κ2) is 7.49. The molecule has 0 unspecified atom stereocenters. The molecule has 2 atom stereocenters. The van der Waals surface area contributed by atoms with E-state index in [2.05, 4.69) is 42.2 Å². The fourth-order valence-corrected chi connectivity index (χ4v) is 4.62. The molecule has 2 aliphatic carbocycles. The van der Waals surface area contributed by atoms with Gasteiger partial charge in [-0.25, -0.2) is 0 Å². The van der Waals surface area contributed by atoms with E-state index in [1.54, 1.807) is 0 Å². The fourth-order valence-electron chi connectivity index (χ4n) is 4.62. The summed E-state index contributed by atoms with van der Waals surface area (Å²) in [5.41, 5.74) is 1.48. The summed E-state index contributed by atoms with van der Waals surface area (Å²) in [6, 6.07) is 11.2. The predicted molar refractivity (Wildman–Crippen MR) is 99.4 cm³/mol. The van der Waals surface area contributed by atoms with Crippen molar-refractivity contribution in [2.45, 2.75) is 69.9 Å². The van der Waals surface area contributed by atoms with E-state index in [-0.39, 0.29) is 0 Å². The fraction of sp³-hybridized carbons (Fsp3) is 0.682. The molecular formula is C22H31NO2. The van der Waals surface area contributed by atoms with Crippen LogP contribution in [-0.4, -0.2) is 36.1 Å². The largest absolute Gasteiger partial charge is 0.376 e. The number of carbonyl (C=O) groups is 1. The molecule has 1 aliphatic heterocycles. The normalized spacial score (nSPS) is 32.8. The van der Waals surface area contributed by atoms with Gasteiger partial charge in [0.15, 0.2) is 0 Å². The van der Waals surface area contributed by atoms with E-state index in [1.165, 1.54) is 18.4 Å². The lowest BCUT2D eigenvalue weighted by Gasteiger charge is -2.32. The van der Waals surface area contributed by atoms with Crippen LogP contribution in [0.5, 0.6) is 0 Å². The molecule has 4 rings (SSSR count). The number of carbonyl (C=O) groups excluding carboxylic acids is 1. The molecule has 0 aromatic heterocycles. The highest BCUT2D eigenvalue weighted by Crippen LogP contribution is 2.37. The first-order valence-electron chi connectivity index (χ1n) is 10.2. The van der Waals surface area contributed by atoms with Gasteiger partial charge in [-0.1, -0.05) is 37.3 Å². The van der Waals surface area contributed by atoms with Gasteiger partial charge < -0.3 is 9.64 Å². The minimum Gasteiger partial charge on any atom is -0.376 e. The first-order valence-corrected chi connectivity index (χ1v) is 10.2. The van der Waals surface area contributed by atoms with Crippen molar-refractivity contribution in [3.8, 4) is 0 Å². The molecule has 3 heteroatoms. The molecule has 3 aliphatic rings. The molecule has 25 heavy (non-hydrogen) atoms. The van der Waals surface area contributed by atoms with Gasteiger partial charge in [-0.15, -0.1) is 0 Å². The van der Waals surface area contributed by atoms with Crippen molar-refractivity contribution in [3.05, 3.63) is 35.9 Å². The summed E-state index contributed by atoms with van der Waals surface area (Å²) < 4.78 is 6.31. The van der Waals surface area contributed by atoms with Gasteiger partial charge in [0, 0.05) is 12.5 Å². The molecule has 1 aromatic carbocycles. The zero-order valence-electron chi connectivity index (χ0n) is 15.4. The van der Waals surface area contributed by atoms with E-state index in [9.17, 15) is 4.79 Å². The molecule has 136 valence electrons. The van der Waals surface area contributed by atoms with Crippen LogP contribution in [0.3, 0.4) is 0 Å². The second-order valence-electron chi connectivity index (χ2n) is 8.36. The summed E-state index contributed by atoms with van der Waals surface area (Å²) in [6.45, 7) is 3.95. The minimum absolute atomic E-state index is 0.306. The van der Waals surface area contributed by atoms with Gasteiger partial charge in [-0.2, -0.15) is 0 Å². The molecule has 0 bridgehead atoms. The van der Waals surface area contributed by atoms with Crippen LogP contribution in [0.4, 0.5) is 0 Å². The topological polar surface area (TPSA) is 29.5 Å². The highest BCUT2D eigenvalue weighted by Gasteiger charge is 2.41. The Morgan fingerprint density at radius 1 is 1.04 bits per heavy atom. The molecule has 1 aromatic rings. The molecule has 1 saturated heterocycles. The number of ether oxygens (including phenoxy) is 1. The number of rotatable bonds is 5. The third kappa shape index (κ3) is 3.92. The Balaban J connectivity index is 1.26. The molecule has 3 fully saturated rings. The Bertz CT molecular complexity index is 575. The zero-order chi connectivity index (χ0) is 17.2. The third-order valence-corrected chi connectivity index (χ3v) is 6.54. The molecule has 2 saturated carbocycles. The number of amides is 1. The van der Waals surface area contributed by atoms with Crippen LogP contribution in [-0.2, 0) is 9.53 Å². The highest BCUT2D eigenvalue weighted by molar-refractivity contribution is 5.81. The standard InChI is InChI=1S/C22H31NO2/c1-16-13-14-23(22(24)19-7-8-19)21(16)15-25-20-11-9-18(10-12-20)17-5-3-2-4-6-17/h2-6,16,18-21H,7-15H2,1H3/t16-,18?,20?,21-/m1/s1. The van der Waals surface area contributed by atoms with Crippen molar-refractivity contribution in [1.82, 2.24) is 4.90 Å². The lowest BCUT2D eigenvalue weighted by Crippen LogP contribution is -2.42. The highest BCUT2D eigenvalue weighted by atomic mass is 16.5. The average molecular weight is 341 g/mol. The Labute approximate surface area is 151 Å². The molecule has 0 spiro atoms. The maximum Gasteiger partial charge on any atom is 0.226 e. The molecular weight excluding hydrogens is 310 g/mol. The van der Waals surface area contributed by atoms with Crippen LogP contribution < -0.4 is 0 Å². The van der Waals surface area contributed by atoms with Gasteiger partial charge in [0.1, 0.15) is 0 Å². The minimum atomic E-state index is 0.306. The van der Waals surface area contributed by atoms with E-state index in [1.807, 2.05) is 0 Å². The first kappa shape index (κ1) is 17.1.